The lowest BCUT2D eigenvalue weighted by atomic mass is 10.2. The lowest BCUT2D eigenvalue weighted by Gasteiger charge is -2.24. The molecule has 1 atom stereocenters. The molecule has 12 heteroatoms. The van der Waals surface area contributed by atoms with Crippen LogP contribution in [-0.4, -0.2) is 56.4 Å². The highest BCUT2D eigenvalue weighted by atomic mass is 31.2. The molecule has 0 aliphatic carbocycles. The highest BCUT2D eigenvalue weighted by Gasteiger charge is 2.42. The van der Waals surface area contributed by atoms with Crippen LogP contribution in [0.3, 0.4) is 0 Å². The van der Waals surface area contributed by atoms with Crippen LogP contribution >= 0.6 is 7.60 Å². The first-order chi connectivity index (χ1) is 13.8. The average Bonchev–Trinajstić information content (AvgIpc) is 3.10. The maximum atomic E-state index is 13.2. The SMILES string of the molecule is CCOC(=O)C(Cc1cn(Cc2cnc(C)nc2N)nn1)P(=O)(OCC)OCC. The first kappa shape index (κ1) is 22.9. The minimum absolute atomic E-state index is 0.00398. The fraction of sp³-hybridized carbons (Fsp3) is 0.588. The Hall–Kier alpha value is -2.36. The number of hydrogen-bond donors (Lipinski definition) is 1. The summed E-state index contributed by atoms with van der Waals surface area (Å²) in [5.41, 5.74) is 5.89. The summed E-state index contributed by atoms with van der Waals surface area (Å²) in [6.07, 6.45) is 3.25. The molecule has 0 aliphatic heterocycles. The Morgan fingerprint density at radius 2 is 1.93 bits per heavy atom. The van der Waals surface area contributed by atoms with Gasteiger partial charge in [-0.3, -0.25) is 9.36 Å². The van der Waals surface area contributed by atoms with Gasteiger partial charge in [-0.1, -0.05) is 5.21 Å². The monoisotopic (exact) mass is 426 g/mol. The zero-order valence-electron chi connectivity index (χ0n) is 17.1. The van der Waals surface area contributed by atoms with E-state index >= 15 is 0 Å². The zero-order valence-corrected chi connectivity index (χ0v) is 18.0. The van der Waals surface area contributed by atoms with E-state index in [1.54, 1.807) is 40.1 Å². The molecule has 2 N–H and O–H groups in total. The Labute approximate surface area is 169 Å². The molecule has 1 unspecified atom stereocenters. The third-order valence-electron chi connectivity index (χ3n) is 3.90. The quantitative estimate of drug-likeness (QED) is 0.416. The molecule has 0 fully saturated rings. The Balaban J connectivity index is 2.23. The van der Waals surface area contributed by atoms with Crippen LogP contribution < -0.4 is 5.73 Å². The topological polar surface area (TPSA) is 144 Å². The summed E-state index contributed by atoms with van der Waals surface area (Å²) in [7, 11) is -3.74. The number of esters is 1. The van der Waals surface area contributed by atoms with Crippen molar-refractivity contribution in [2.45, 2.75) is 46.3 Å². The van der Waals surface area contributed by atoms with Gasteiger partial charge in [-0.25, -0.2) is 14.6 Å². The van der Waals surface area contributed by atoms with Crippen LogP contribution in [0.1, 0.15) is 37.9 Å². The van der Waals surface area contributed by atoms with Gasteiger partial charge >= 0.3 is 13.6 Å². The van der Waals surface area contributed by atoms with Crippen molar-refractivity contribution in [3.63, 3.8) is 0 Å². The van der Waals surface area contributed by atoms with Crippen molar-refractivity contribution in [2.24, 2.45) is 0 Å². The third-order valence-corrected chi connectivity index (χ3v) is 6.29. The number of rotatable bonds is 11. The molecule has 0 amide bonds. The van der Waals surface area contributed by atoms with Crippen LogP contribution in [0.4, 0.5) is 5.82 Å². The van der Waals surface area contributed by atoms with Gasteiger partial charge in [0.25, 0.3) is 0 Å². The van der Waals surface area contributed by atoms with Gasteiger partial charge in [0, 0.05) is 24.4 Å². The zero-order chi connectivity index (χ0) is 21.4. The van der Waals surface area contributed by atoms with Crippen molar-refractivity contribution in [3.05, 3.63) is 29.5 Å². The number of nitrogens with zero attached hydrogens (tertiary/aromatic N) is 5. The van der Waals surface area contributed by atoms with Crippen molar-refractivity contribution in [3.8, 4) is 0 Å². The number of aryl methyl sites for hydroxylation is 1. The molecule has 0 aromatic carbocycles. The largest absolute Gasteiger partial charge is 0.465 e. The van der Waals surface area contributed by atoms with Crippen molar-refractivity contribution in [1.82, 2.24) is 25.0 Å². The predicted molar refractivity (Wildman–Crippen MR) is 105 cm³/mol. The van der Waals surface area contributed by atoms with Gasteiger partial charge in [-0.15, -0.1) is 5.10 Å². The molecule has 0 bridgehead atoms. The molecule has 0 spiro atoms. The van der Waals surface area contributed by atoms with Crippen LogP contribution in [0, 0.1) is 6.92 Å². The summed E-state index contributed by atoms with van der Waals surface area (Å²) in [4.78, 5) is 20.7. The highest BCUT2D eigenvalue weighted by Crippen LogP contribution is 2.54. The van der Waals surface area contributed by atoms with Crippen molar-refractivity contribution in [1.29, 1.82) is 0 Å². The lowest BCUT2D eigenvalue weighted by molar-refractivity contribution is -0.143. The van der Waals surface area contributed by atoms with E-state index in [2.05, 4.69) is 20.3 Å². The maximum absolute atomic E-state index is 13.2. The van der Waals surface area contributed by atoms with E-state index < -0.39 is 19.2 Å². The molecule has 160 valence electrons. The number of nitrogen functional groups attached to an aromatic ring is 1. The maximum Gasteiger partial charge on any atom is 0.345 e. The third kappa shape index (κ3) is 6.06. The van der Waals surface area contributed by atoms with Gasteiger partial charge in [0.05, 0.1) is 32.1 Å². The number of carbonyl (C=O) groups is 1. The normalized spacial score (nSPS) is 12.7. The number of aromatic nitrogens is 5. The van der Waals surface area contributed by atoms with E-state index in [-0.39, 0.29) is 26.2 Å². The van der Waals surface area contributed by atoms with Gasteiger partial charge in [0.1, 0.15) is 11.6 Å². The molecule has 0 aliphatic rings. The second kappa shape index (κ2) is 10.4. The van der Waals surface area contributed by atoms with Gasteiger partial charge < -0.3 is 19.5 Å². The van der Waals surface area contributed by atoms with Crippen LogP contribution in [0.2, 0.25) is 0 Å². The number of carbonyl (C=O) groups excluding carboxylic acids is 1. The molecule has 2 heterocycles. The van der Waals surface area contributed by atoms with Crippen LogP contribution in [-0.2, 0) is 36.1 Å². The van der Waals surface area contributed by atoms with E-state index in [4.69, 9.17) is 19.5 Å². The van der Waals surface area contributed by atoms with Crippen molar-refractivity contribution >= 4 is 19.4 Å². The second-order valence-corrected chi connectivity index (χ2v) is 8.30. The first-order valence-corrected chi connectivity index (χ1v) is 11.0. The first-order valence-electron chi connectivity index (χ1n) is 9.35. The number of ether oxygens (including phenoxy) is 1. The summed E-state index contributed by atoms with van der Waals surface area (Å²) < 4.78 is 30.5. The van der Waals surface area contributed by atoms with Crippen LogP contribution in [0.25, 0.3) is 0 Å². The standard InChI is InChI=1S/C17H27N6O5P/c1-5-26-17(24)15(29(25,27-6-2)28-7-3)8-14-11-23(22-21-14)10-13-9-19-12(4)20-16(13)18/h9,11,15H,5-8,10H2,1-4H3,(H2,18,19,20). The Morgan fingerprint density at radius 1 is 1.24 bits per heavy atom. The van der Waals surface area contributed by atoms with Gasteiger partial charge in [-0.2, -0.15) is 0 Å². The smallest absolute Gasteiger partial charge is 0.345 e. The van der Waals surface area contributed by atoms with Crippen molar-refractivity contribution in [2.75, 3.05) is 25.6 Å². The molecule has 0 saturated carbocycles. The molecule has 29 heavy (non-hydrogen) atoms. The number of hydrogen-bond acceptors (Lipinski definition) is 10. The summed E-state index contributed by atoms with van der Waals surface area (Å²) in [6.45, 7) is 7.49. The summed E-state index contributed by atoms with van der Waals surface area (Å²) >= 11 is 0. The lowest BCUT2D eigenvalue weighted by Crippen LogP contribution is -2.28. The van der Waals surface area contributed by atoms with E-state index in [0.717, 1.165) is 0 Å². The Kier molecular flexibility index (Phi) is 8.24. The minimum Gasteiger partial charge on any atom is -0.465 e. The summed E-state index contributed by atoms with van der Waals surface area (Å²) in [5.74, 6) is 0.269. The van der Waals surface area contributed by atoms with Crippen LogP contribution in [0.5, 0.6) is 0 Å². The Bertz CT molecular complexity index is 864. The molecule has 2 aromatic heterocycles. The fourth-order valence-corrected chi connectivity index (χ4v) is 4.55. The average molecular weight is 426 g/mol. The molecule has 2 aromatic rings. The van der Waals surface area contributed by atoms with Gasteiger partial charge in [-0.05, 0) is 27.7 Å². The molecule has 11 nitrogen and oxygen atoms in total. The number of nitrogens with two attached hydrogens (primary N) is 1. The number of anilines is 1. The highest BCUT2D eigenvalue weighted by molar-refractivity contribution is 7.55. The molecular formula is C17H27N6O5P. The molecule has 0 saturated heterocycles. The van der Waals surface area contributed by atoms with E-state index in [9.17, 15) is 9.36 Å². The molecular weight excluding hydrogens is 399 g/mol. The molecule has 0 radical (unpaired) electrons. The Morgan fingerprint density at radius 3 is 2.52 bits per heavy atom. The second-order valence-electron chi connectivity index (χ2n) is 6.08. The van der Waals surface area contributed by atoms with Crippen LogP contribution in [0.15, 0.2) is 12.4 Å². The van der Waals surface area contributed by atoms with E-state index in [1.165, 1.54) is 4.68 Å². The summed E-state index contributed by atoms with van der Waals surface area (Å²) in [5, 5.41) is 8.11. The van der Waals surface area contributed by atoms with Crippen molar-refractivity contribution < 1.29 is 23.1 Å². The molecule has 2 rings (SSSR count). The summed E-state index contributed by atoms with van der Waals surface area (Å²) in [6, 6.07) is 0. The van der Waals surface area contributed by atoms with Gasteiger partial charge in [0.15, 0.2) is 5.66 Å². The van der Waals surface area contributed by atoms with E-state index in [0.29, 0.717) is 29.4 Å². The minimum atomic E-state index is -3.74. The fourth-order valence-electron chi connectivity index (χ4n) is 2.66. The van der Waals surface area contributed by atoms with E-state index in [1.807, 2.05) is 0 Å². The van der Waals surface area contributed by atoms with Gasteiger partial charge in [0.2, 0.25) is 0 Å². The predicted octanol–water partition coefficient (Wildman–Crippen LogP) is 1.75.